The molecule has 0 bridgehead atoms. The SMILES string of the molecule is O=Cc1ccccc1COc1ncc(Cl)cc1C(F)(F)F. The van der Waals surface area contributed by atoms with Crippen molar-refractivity contribution in [3.05, 3.63) is 58.2 Å². The number of benzene rings is 1. The highest BCUT2D eigenvalue weighted by atomic mass is 35.5. The van der Waals surface area contributed by atoms with Gasteiger partial charge in [-0.05, 0) is 11.6 Å². The highest BCUT2D eigenvalue weighted by molar-refractivity contribution is 6.30. The molecule has 0 spiro atoms. The highest BCUT2D eigenvalue weighted by Crippen LogP contribution is 2.36. The zero-order chi connectivity index (χ0) is 15.5. The molecule has 1 aromatic carbocycles. The Morgan fingerprint density at radius 3 is 2.67 bits per heavy atom. The van der Waals surface area contributed by atoms with Gasteiger partial charge in [-0.1, -0.05) is 35.9 Å². The highest BCUT2D eigenvalue weighted by Gasteiger charge is 2.35. The van der Waals surface area contributed by atoms with Crippen LogP contribution in [0.2, 0.25) is 5.02 Å². The van der Waals surface area contributed by atoms with Crippen molar-refractivity contribution in [3.63, 3.8) is 0 Å². The van der Waals surface area contributed by atoms with E-state index in [2.05, 4.69) is 4.98 Å². The molecule has 2 rings (SSSR count). The topological polar surface area (TPSA) is 39.2 Å². The van der Waals surface area contributed by atoms with Crippen LogP contribution in [-0.2, 0) is 12.8 Å². The van der Waals surface area contributed by atoms with Crippen LogP contribution >= 0.6 is 11.6 Å². The van der Waals surface area contributed by atoms with E-state index in [0.29, 0.717) is 17.4 Å². The molecule has 1 heterocycles. The minimum atomic E-state index is -4.63. The molecule has 0 N–H and O–H groups in total. The molecule has 0 aliphatic heterocycles. The second-order valence-corrected chi connectivity index (χ2v) is 4.55. The Kier molecular flexibility index (Phi) is 4.47. The summed E-state index contributed by atoms with van der Waals surface area (Å²) in [5.41, 5.74) is -0.240. The lowest BCUT2D eigenvalue weighted by Gasteiger charge is -2.13. The monoisotopic (exact) mass is 315 g/mol. The van der Waals surface area contributed by atoms with E-state index in [1.807, 2.05) is 0 Å². The lowest BCUT2D eigenvalue weighted by Crippen LogP contribution is -2.10. The summed E-state index contributed by atoms with van der Waals surface area (Å²) in [5.74, 6) is -0.576. The van der Waals surface area contributed by atoms with Crippen LogP contribution in [0.3, 0.4) is 0 Å². The van der Waals surface area contributed by atoms with Gasteiger partial charge in [0.1, 0.15) is 18.5 Å². The molecule has 0 amide bonds. The number of aldehydes is 1. The molecular formula is C14H9ClF3NO2. The fourth-order valence-corrected chi connectivity index (χ4v) is 1.83. The van der Waals surface area contributed by atoms with Crippen molar-refractivity contribution in [1.29, 1.82) is 0 Å². The number of carbonyl (C=O) groups is 1. The van der Waals surface area contributed by atoms with E-state index in [0.717, 1.165) is 12.3 Å². The second kappa shape index (κ2) is 6.13. The normalized spacial score (nSPS) is 11.2. The molecule has 7 heteroatoms. The van der Waals surface area contributed by atoms with Gasteiger partial charge >= 0.3 is 6.18 Å². The summed E-state index contributed by atoms with van der Waals surface area (Å²) in [5, 5.41) is -0.136. The summed E-state index contributed by atoms with van der Waals surface area (Å²) in [6.07, 6.45) is -2.95. The van der Waals surface area contributed by atoms with Crippen molar-refractivity contribution in [2.75, 3.05) is 0 Å². The van der Waals surface area contributed by atoms with E-state index in [1.54, 1.807) is 24.3 Å². The lowest BCUT2D eigenvalue weighted by molar-refractivity contribution is -0.139. The van der Waals surface area contributed by atoms with Crippen LogP contribution in [0.4, 0.5) is 13.2 Å². The van der Waals surface area contributed by atoms with E-state index in [-0.39, 0.29) is 11.6 Å². The first kappa shape index (κ1) is 15.3. The summed E-state index contributed by atoms with van der Waals surface area (Å²) in [6.45, 7) is -0.202. The van der Waals surface area contributed by atoms with Crippen LogP contribution in [0, 0.1) is 0 Å². The number of ether oxygens (including phenoxy) is 1. The maximum atomic E-state index is 12.9. The van der Waals surface area contributed by atoms with Gasteiger partial charge in [-0.2, -0.15) is 13.2 Å². The third-order valence-electron chi connectivity index (χ3n) is 2.67. The Bertz CT molecular complexity index is 659. The fraction of sp³-hybridized carbons (Fsp3) is 0.143. The predicted molar refractivity (Wildman–Crippen MR) is 70.4 cm³/mol. The zero-order valence-corrected chi connectivity index (χ0v) is 11.3. The van der Waals surface area contributed by atoms with E-state index in [9.17, 15) is 18.0 Å². The Balaban J connectivity index is 2.26. The quantitative estimate of drug-likeness (QED) is 0.796. The van der Waals surface area contributed by atoms with Gasteiger partial charge < -0.3 is 4.74 Å². The minimum Gasteiger partial charge on any atom is -0.472 e. The molecule has 0 unspecified atom stereocenters. The van der Waals surface area contributed by atoms with Crippen molar-refractivity contribution < 1.29 is 22.7 Å². The second-order valence-electron chi connectivity index (χ2n) is 4.11. The number of halogens is 4. The molecular weight excluding hydrogens is 307 g/mol. The van der Waals surface area contributed by atoms with E-state index < -0.39 is 17.6 Å². The average Bonchev–Trinajstić information content (AvgIpc) is 2.45. The van der Waals surface area contributed by atoms with Crippen LogP contribution in [0.1, 0.15) is 21.5 Å². The lowest BCUT2D eigenvalue weighted by atomic mass is 10.1. The van der Waals surface area contributed by atoms with Crippen LogP contribution in [0.25, 0.3) is 0 Å². The molecule has 0 aliphatic rings. The minimum absolute atomic E-state index is 0.136. The molecule has 0 fully saturated rings. The first-order chi connectivity index (χ1) is 9.91. The Hall–Kier alpha value is -2.08. The van der Waals surface area contributed by atoms with Crippen LogP contribution < -0.4 is 4.74 Å². The molecule has 0 saturated carbocycles. The molecule has 21 heavy (non-hydrogen) atoms. The van der Waals surface area contributed by atoms with Gasteiger partial charge in [-0.25, -0.2) is 4.98 Å². The third kappa shape index (κ3) is 3.72. The predicted octanol–water partition coefficient (Wildman–Crippen LogP) is 4.15. The summed E-state index contributed by atoms with van der Waals surface area (Å²) < 4.78 is 43.7. The van der Waals surface area contributed by atoms with Gasteiger partial charge in [0, 0.05) is 11.8 Å². The Morgan fingerprint density at radius 1 is 1.29 bits per heavy atom. The number of aromatic nitrogens is 1. The van der Waals surface area contributed by atoms with E-state index in [4.69, 9.17) is 16.3 Å². The fourth-order valence-electron chi connectivity index (χ4n) is 1.67. The number of hydrogen-bond donors (Lipinski definition) is 0. The van der Waals surface area contributed by atoms with Crippen LogP contribution in [0.5, 0.6) is 5.88 Å². The number of rotatable bonds is 4. The van der Waals surface area contributed by atoms with Crippen molar-refractivity contribution >= 4 is 17.9 Å². The average molecular weight is 316 g/mol. The number of alkyl halides is 3. The maximum absolute atomic E-state index is 12.9. The van der Waals surface area contributed by atoms with Crippen LogP contribution in [-0.4, -0.2) is 11.3 Å². The molecule has 0 radical (unpaired) electrons. The third-order valence-corrected chi connectivity index (χ3v) is 2.88. The van der Waals surface area contributed by atoms with Crippen molar-refractivity contribution in [2.24, 2.45) is 0 Å². The van der Waals surface area contributed by atoms with Gasteiger partial charge in [-0.3, -0.25) is 4.79 Å². The first-order valence-corrected chi connectivity index (χ1v) is 6.18. The van der Waals surface area contributed by atoms with E-state index >= 15 is 0 Å². The van der Waals surface area contributed by atoms with Gasteiger partial charge in [0.15, 0.2) is 0 Å². The molecule has 2 aromatic rings. The van der Waals surface area contributed by atoms with Crippen LogP contribution in [0.15, 0.2) is 36.5 Å². The van der Waals surface area contributed by atoms with Gasteiger partial charge in [0.25, 0.3) is 0 Å². The standard InChI is InChI=1S/C14H9ClF3NO2/c15-11-5-12(14(16,17)18)13(19-6-11)21-8-10-4-2-1-3-9(10)7-20/h1-7H,8H2. The van der Waals surface area contributed by atoms with E-state index in [1.165, 1.54) is 0 Å². The first-order valence-electron chi connectivity index (χ1n) is 5.80. The summed E-state index contributed by atoms with van der Waals surface area (Å²) in [6, 6.07) is 7.19. The summed E-state index contributed by atoms with van der Waals surface area (Å²) >= 11 is 5.52. The molecule has 110 valence electrons. The zero-order valence-electron chi connectivity index (χ0n) is 10.5. The number of nitrogens with zero attached hydrogens (tertiary/aromatic N) is 1. The molecule has 0 aliphatic carbocycles. The Labute approximate surface area is 123 Å². The van der Waals surface area contributed by atoms with Gasteiger partial charge in [0.2, 0.25) is 5.88 Å². The molecule has 1 aromatic heterocycles. The largest absolute Gasteiger partial charge is 0.472 e. The number of carbonyl (C=O) groups excluding carboxylic acids is 1. The summed E-state index contributed by atoms with van der Waals surface area (Å²) in [4.78, 5) is 14.4. The number of hydrogen-bond acceptors (Lipinski definition) is 3. The van der Waals surface area contributed by atoms with Crippen molar-refractivity contribution in [3.8, 4) is 5.88 Å². The Morgan fingerprint density at radius 2 is 2.00 bits per heavy atom. The molecule has 0 saturated heterocycles. The van der Waals surface area contributed by atoms with Crippen molar-refractivity contribution in [2.45, 2.75) is 12.8 Å². The van der Waals surface area contributed by atoms with Gasteiger partial charge in [-0.15, -0.1) is 0 Å². The summed E-state index contributed by atoms with van der Waals surface area (Å²) in [7, 11) is 0. The van der Waals surface area contributed by atoms with Gasteiger partial charge in [0.05, 0.1) is 5.02 Å². The van der Waals surface area contributed by atoms with Crippen molar-refractivity contribution in [1.82, 2.24) is 4.98 Å². The number of pyridine rings is 1. The maximum Gasteiger partial charge on any atom is 0.421 e. The molecule has 3 nitrogen and oxygen atoms in total. The smallest absolute Gasteiger partial charge is 0.421 e. The molecule has 0 atom stereocenters.